The molecule has 1 unspecified atom stereocenters. The lowest BCUT2D eigenvalue weighted by molar-refractivity contribution is -0.142. The van der Waals surface area contributed by atoms with Crippen LogP contribution in [0.1, 0.15) is 128 Å². The molecule has 1 fully saturated rings. The molecule has 2 aromatic rings. The standard InChI is InChI=1S/C37H52O5/c1-9-28-22-37(23-28,27(6)39)24-32(40)31(18-15-19-36(7,8)30-16-13-12-14-17-30)25(4)29-20-33(41-10-2)35(26(5)38)34(21-29)42-11-3/h12-14,16-17,20-21,25,28,31H,9-11,15,18-19,22-24H2,1-8H3/t25-,28?,31?,37?/m1/s1. The van der Waals surface area contributed by atoms with Gasteiger partial charge in [-0.1, -0.05) is 70.9 Å². The van der Waals surface area contributed by atoms with Gasteiger partial charge in [-0.2, -0.15) is 0 Å². The van der Waals surface area contributed by atoms with Gasteiger partial charge in [-0.05, 0) is 93.9 Å². The highest BCUT2D eigenvalue weighted by atomic mass is 16.5. The Kier molecular flexibility index (Phi) is 11.6. The number of Topliss-reactive ketones (excluding diaryl/α,β-unsaturated/α-hetero) is 3. The fourth-order valence-electron chi connectivity index (χ4n) is 6.83. The topological polar surface area (TPSA) is 69.7 Å². The van der Waals surface area contributed by atoms with Gasteiger partial charge in [-0.25, -0.2) is 0 Å². The van der Waals surface area contributed by atoms with Crippen LogP contribution in [0.3, 0.4) is 0 Å². The molecule has 0 spiro atoms. The Morgan fingerprint density at radius 3 is 2.00 bits per heavy atom. The maximum atomic E-state index is 14.2. The summed E-state index contributed by atoms with van der Waals surface area (Å²) in [4.78, 5) is 39.6. The average Bonchev–Trinajstić information content (AvgIpc) is 2.92. The van der Waals surface area contributed by atoms with Gasteiger partial charge in [0.25, 0.3) is 0 Å². The van der Waals surface area contributed by atoms with Crippen molar-refractivity contribution in [2.24, 2.45) is 17.3 Å². The molecule has 0 N–H and O–H groups in total. The minimum Gasteiger partial charge on any atom is -0.493 e. The first kappa shape index (κ1) is 33.6. The summed E-state index contributed by atoms with van der Waals surface area (Å²) < 4.78 is 11.8. The van der Waals surface area contributed by atoms with Crippen molar-refractivity contribution in [3.05, 3.63) is 59.2 Å². The summed E-state index contributed by atoms with van der Waals surface area (Å²) in [5, 5.41) is 0. The van der Waals surface area contributed by atoms with E-state index in [0.29, 0.717) is 42.6 Å². The highest BCUT2D eigenvalue weighted by molar-refractivity contribution is 6.00. The molecule has 0 aliphatic heterocycles. The summed E-state index contributed by atoms with van der Waals surface area (Å²) >= 11 is 0. The number of ketones is 3. The normalized spacial score (nSPS) is 19.9. The van der Waals surface area contributed by atoms with Gasteiger partial charge in [0.1, 0.15) is 28.6 Å². The molecule has 42 heavy (non-hydrogen) atoms. The van der Waals surface area contributed by atoms with E-state index in [-0.39, 0.29) is 34.6 Å². The van der Waals surface area contributed by atoms with E-state index in [1.807, 2.05) is 32.0 Å². The number of ether oxygens (including phenoxy) is 2. The monoisotopic (exact) mass is 576 g/mol. The molecule has 0 aromatic heterocycles. The van der Waals surface area contributed by atoms with Gasteiger partial charge in [0, 0.05) is 17.8 Å². The molecule has 230 valence electrons. The van der Waals surface area contributed by atoms with Crippen LogP contribution in [0.4, 0.5) is 0 Å². The Morgan fingerprint density at radius 2 is 1.52 bits per heavy atom. The number of carbonyl (C=O) groups is 3. The first-order chi connectivity index (χ1) is 19.9. The van der Waals surface area contributed by atoms with Crippen molar-refractivity contribution in [2.45, 2.75) is 112 Å². The first-order valence-corrected chi connectivity index (χ1v) is 15.9. The van der Waals surface area contributed by atoms with E-state index < -0.39 is 5.41 Å². The average molecular weight is 577 g/mol. The van der Waals surface area contributed by atoms with Crippen LogP contribution >= 0.6 is 0 Å². The molecule has 5 nitrogen and oxygen atoms in total. The Morgan fingerprint density at radius 1 is 0.952 bits per heavy atom. The van der Waals surface area contributed by atoms with Gasteiger partial charge in [-0.3, -0.25) is 14.4 Å². The third kappa shape index (κ3) is 7.71. The molecular weight excluding hydrogens is 524 g/mol. The number of carbonyl (C=O) groups excluding carboxylic acids is 3. The Hall–Kier alpha value is -2.95. The highest BCUT2D eigenvalue weighted by Crippen LogP contribution is 2.51. The summed E-state index contributed by atoms with van der Waals surface area (Å²) in [6, 6.07) is 14.4. The summed E-state index contributed by atoms with van der Waals surface area (Å²) in [7, 11) is 0. The molecular formula is C37H52O5. The van der Waals surface area contributed by atoms with Crippen molar-refractivity contribution in [2.75, 3.05) is 13.2 Å². The largest absolute Gasteiger partial charge is 0.493 e. The second-order valence-corrected chi connectivity index (χ2v) is 13.0. The van der Waals surface area contributed by atoms with Crippen molar-refractivity contribution < 1.29 is 23.9 Å². The minimum atomic E-state index is -0.523. The summed E-state index contributed by atoms with van der Waals surface area (Å²) in [5.41, 5.74) is 2.11. The van der Waals surface area contributed by atoms with E-state index in [4.69, 9.17) is 9.47 Å². The Bertz CT molecular complexity index is 1190. The van der Waals surface area contributed by atoms with E-state index in [1.165, 1.54) is 12.5 Å². The summed E-state index contributed by atoms with van der Waals surface area (Å²) in [6.07, 6.45) is 5.52. The molecule has 3 rings (SSSR count). The van der Waals surface area contributed by atoms with E-state index in [9.17, 15) is 14.4 Å². The van der Waals surface area contributed by atoms with Crippen molar-refractivity contribution in [1.29, 1.82) is 0 Å². The van der Waals surface area contributed by atoms with Gasteiger partial charge in [-0.15, -0.1) is 0 Å². The zero-order valence-corrected chi connectivity index (χ0v) is 27.2. The van der Waals surface area contributed by atoms with Crippen molar-refractivity contribution in [3.63, 3.8) is 0 Å². The molecule has 0 radical (unpaired) electrons. The molecule has 0 amide bonds. The number of hydrogen-bond donors (Lipinski definition) is 0. The Balaban J connectivity index is 1.95. The minimum absolute atomic E-state index is 0.0194. The molecule has 5 heteroatoms. The van der Waals surface area contributed by atoms with Crippen LogP contribution in [0.5, 0.6) is 11.5 Å². The van der Waals surface area contributed by atoms with Crippen LogP contribution in [0, 0.1) is 17.3 Å². The third-order valence-electron chi connectivity index (χ3n) is 9.65. The van der Waals surface area contributed by atoms with Crippen LogP contribution in [0.2, 0.25) is 0 Å². The van der Waals surface area contributed by atoms with Crippen molar-refractivity contribution in [1.82, 2.24) is 0 Å². The molecule has 0 heterocycles. The molecule has 0 saturated heterocycles. The number of rotatable bonds is 17. The summed E-state index contributed by atoms with van der Waals surface area (Å²) in [6.45, 7) is 16.6. The van der Waals surface area contributed by atoms with Crippen molar-refractivity contribution >= 4 is 17.3 Å². The fourth-order valence-corrected chi connectivity index (χ4v) is 6.83. The van der Waals surface area contributed by atoms with Gasteiger partial charge < -0.3 is 9.47 Å². The van der Waals surface area contributed by atoms with Crippen LogP contribution in [0.25, 0.3) is 0 Å². The molecule has 1 saturated carbocycles. The van der Waals surface area contributed by atoms with Crippen LogP contribution < -0.4 is 9.47 Å². The quantitative estimate of drug-likeness (QED) is 0.176. The molecule has 1 aliphatic carbocycles. The maximum Gasteiger partial charge on any atom is 0.167 e. The molecule has 1 aliphatic rings. The first-order valence-electron chi connectivity index (χ1n) is 15.9. The van der Waals surface area contributed by atoms with Crippen LogP contribution in [0.15, 0.2) is 42.5 Å². The summed E-state index contributed by atoms with van der Waals surface area (Å²) in [5.74, 6) is 1.31. The maximum absolute atomic E-state index is 14.2. The number of hydrogen-bond acceptors (Lipinski definition) is 5. The van der Waals surface area contributed by atoms with Gasteiger partial charge in [0.15, 0.2) is 5.78 Å². The zero-order valence-electron chi connectivity index (χ0n) is 27.2. The fraction of sp³-hybridized carbons (Fsp3) is 0.595. The molecule has 0 bridgehead atoms. The molecule has 2 aromatic carbocycles. The second kappa shape index (κ2) is 14.5. The lowest BCUT2D eigenvalue weighted by Crippen LogP contribution is -2.45. The lowest BCUT2D eigenvalue weighted by Gasteiger charge is -2.46. The van der Waals surface area contributed by atoms with E-state index >= 15 is 0 Å². The van der Waals surface area contributed by atoms with Crippen molar-refractivity contribution in [3.8, 4) is 11.5 Å². The molecule has 2 atom stereocenters. The van der Waals surface area contributed by atoms with E-state index in [0.717, 1.165) is 44.1 Å². The zero-order chi connectivity index (χ0) is 31.1. The van der Waals surface area contributed by atoms with Gasteiger partial charge in [0.05, 0.1) is 13.2 Å². The number of benzene rings is 2. The predicted molar refractivity (Wildman–Crippen MR) is 170 cm³/mol. The third-order valence-corrected chi connectivity index (χ3v) is 9.65. The smallest absolute Gasteiger partial charge is 0.167 e. The highest BCUT2D eigenvalue weighted by Gasteiger charge is 2.49. The van der Waals surface area contributed by atoms with E-state index in [2.05, 4.69) is 52.0 Å². The predicted octanol–water partition coefficient (Wildman–Crippen LogP) is 8.91. The second-order valence-electron chi connectivity index (χ2n) is 13.0. The SMILES string of the molecule is CCOc1cc([C@@H](C)C(CCCC(C)(C)c2ccccc2)C(=O)CC2(C(C)=O)CC(CC)C2)cc(OCC)c1C(C)=O. The Labute approximate surface area is 253 Å². The van der Waals surface area contributed by atoms with Gasteiger partial charge in [0.2, 0.25) is 0 Å². The van der Waals surface area contributed by atoms with E-state index in [1.54, 1.807) is 6.92 Å². The lowest BCUT2D eigenvalue weighted by atomic mass is 9.56. The van der Waals surface area contributed by atoms with Crippen LogP contribution in [-0.4, -0.2) is 30.6 Å². The van der Waals surface area contributed by atoms with Crippen LogP contribution in [-0.2, 0) is 15.0 Å². The van der Waals surface area contributed by atoms with Gasteiger partial charge >= 0.3 is 0 Å².